The van der Waals surface area contributed by atoms with Crippen LogP contribution in [0.3, 0.4) is 0 Å². The van der Waals surface area contributed by atoms with E-state index in [1.54, 1.807) is 38.1 Å². The van der Waals surface area contributed by atoms with Gasteiger partial charge in [-0.15, -0.1) is 4.83 Å². The zero-order valence-corrected chi connectivity index (χ0v) is 19.3. The van der Waals surface area contributed by atoms with Gasteiger partial charge < -0.3 is 14.4 Å². The summed E-state index contributed by atoms with van der Waals surface area (Å²) in [5.41, 5.74) is 0.475. The topological polar surface area (TPSA) is 105 Å². The van der Waals surface area contributed by atoms with E-state index >= 15 is 0 Å². The number of methoxy groups -OCH3 is 1. The fourth-order valence-corrected chi connectivity index (χ4v) is 3.97. The molecule has 1 N–H and O–H groups in total. The molecule has 1 heterocycles. The van der Waals surface area contributed by atoms with Crippen LogP contribution >= 0.6 is 0 Å². The summed E-state index contributed by atoms with van der Waals surface area (Å²) in [6, 6.07) is 14.5. The van der Waals surface area contributed by atoms with Crippen molar-refractivity contribution in [1.82, 2.24) is 14.7 Å². The molecule has 0 aliphatic carbocycles. The minimum Gasteiger partial charge on any atom is -0.497 e. The monoisotopic (exact) mass is 471 g/mol. The maximum Gasteiger partial charge on any atom is 0.356 e. The second-order valence-corrected chi connectivity index (χ2v) is 9.03. The smallest absolute Gasteiger partial charge is 0.356 e. The number of nitrogens with zero attached hydrogens (tertiary/aromatic N) is 2. The highest BCUT2D eigenvalue weighted by Gasteiger charge is 2.28. The Morgan fingerprint density at radius 3 is 2.30 bits per heavy atom. The molecule has 0 spiro atoms. The molecule has 1 aliphatic rings. The van der Waals surface area contributed by atoms with Crippen LogP contribution in [0.5, 0.6) is 5.75 Å². The van der Waals surface area contributed by atoms with Crippen molar-refractivity contribution in [3.8, 4) is 5.75 Å². The number of benzene rings is 2. The highest BCUT2D eigenvalue weighted by molar-refractivity contribution is 7.89. The summed E-state index contributed by atoms with van der Waals surface area (Å²) >= 11 is 0. The van der Waals surface area contributed by atoms with E-state index in [1.165, 1.54) is 48.7 Å². The van der Waals surface area contributed by atoms with Crippen molar-refractivity contribution in [2.24, 2.45) is 0 Å². The highest BCUT2D eigenvalue weighted by Crippen LogP contribution is 2.19. The molecule has 1 amide bonds. The zero-order chi connectivity index (χ0) is 24.0. The van der Waals surface area contributed by atoms with Crippen molar-refractivity contribution >= 4 is 21.9 Å². The van der Waals surface area contributed by atoms with Gasteiger partial charge in [-0.25, -0.2) is 13.2 Å². The van der Waals surface area contributed by atoms with Gasteiger partial charge in [-0.1, -0.05) is 30.3 Å². The fourth-order valence-electron chi connectivity index (χ4n) is 2.95. The molecule has 2 aromatic rings. The molecule has 33 heavy (non-hydrogen) atoms. The van der Waals surface area contributed by atoms with Crippen molar-refractivity contribution in [3.63, 3.8) is 0 Å². The van der Waals surface area contributed by atoms with E-state index in [0.717, 1.165) is 16.6 Å². The molecule has 0 atom stereocenters. The lowest BCUT2D eigenvalue weighted by Crippen LogP contribution is -2.40. The van der Waals surface area contributed by atoms with Gasteiger partial charge in [-0.2, -0.15) is 0 Å². The summed E-state index contributed by atoms with van der Waals surface area (Å²) in [5.74, 6) is -0.856. The minimum absolute atomic E-state index is 0.0398. The van der Waals surface area contributed by atoms with Crippen LogP contribution in [0.2, 0.25) is 0 Å². The first kappa shape index (κ1) is 24.0. The molecule has 3 rings (SSSR count). The van der Waals surface area contributed by atoms with Crippen LogP contribution in [-0.2, 0) is 31.0 Å². The van der Waals surface area contributed by atoms with Crippen LogP contribution in [0.25, 0.3) is 0 Å². The second-order valence-electron chi connectivity index (χ2n) is 7.37. The Kier molecular flexibility index (Phi) is 7.52. The molecule has 0 radical (unpaired) electrons. The second kappa shape index (κ2) is 10.3. The number of rotatable bonds is 8. The summed E-state index contributed by atoms with van der Waals surface area (Å²) in [5, 5.41) is 0.965. The molecule has 0 saturated heterocycles. The van der Waals surface area contributed by atoms with Gasteiger partial charge in [0.25, 0.3) is 15.9 Å². The van der Waals surface area contributed by atoms with Crippen LogP contribution in [0.4, 0.5) is 0 Å². The number of hydrogen-bond acceptors (Lipinski definition) is 7. The quantitative estimate of drug-likeness (QED) is 0.590. The Morgan fingerprint density at radius 1 is 1.03 bits per heavy atom. The Bertz CT molecular complexity index is 1160. The van der Waals surface area contributed by atoms with E-state index in [4.69, 9.17) is 9.47 Å². The number of amides is 1. The van der Waals surface area contributed by atoms with Gasteiger partial charge in [-0.3, -0.25) is 9.80 Å². The third-order valence-electron chi connectivity index (χ3n) is 4.72. The zero-order valence-electron chi connectivity index (χ0n) is 18.5. The third-order valence-corrected chi connectivity index (χ3v) is 6.05. The first-order valence-corrected chi connectivity index (χ1v) is 11.6. The van der Waals surface area contributed by atoms with Gasteiger partial charge in [0.1, 0.15) is 18.1 Å². The maximum absolute atomic E-state index is 13.0. The maximum atomic E-state index is 13.0. The van der Waals surface area contributed by atoms with E-state index in [2.05, 4.69) is 4.83 Å². The molecule has 0 bridgehead atoms. The summed E-state index contributed by atoms with van der Waals surface area (Å²) in [6.45, 7) is 3.54. The standard InChI is InChI=1S/C23H25N3O6S/c1-17(2)25-13-14-26(24-33(29,30)20-11-9-19(31-3)10-12-20)21(15-22(25)27)23(28)32-16-18-7-5-4-6-8-18/h4-15,17,24H,16H2,1-3H3. The molecule has 0 aromatic heterocycles. The molecular formula is C23H25N3O6S. The van der Waals surface area contributed by atoms with Crippen molar-refractivity contribution in [2.45, 2.75) is 31.4 Å². The summed E-state index contributed by atoms with van der Waals surface area (Å²) in [4.78, 5) is 29.2. The van der Waals surface area contributed by atoms with Gasteiger partial charge in [-0.05, 0) is 43.7 Å². The molecular weight excluding hydrogens is 446 g/mol. The van der Waals surface area contributed by atoms with Gasteiger partial charge >= 0.3 is 5.97 Å². The molecule has 2 aromatic carbocycles. The number of hydrogen-bond donors (Lipinski definition) is 1. The van der Waals surface area contributed by atoms with E-state index in [1.807, 2.05) is 6.07 Å². The number of carbonyl (C=O) groups is 2. The Balaban J connectivity index is 1.89. The number of nitrogens with one attached hydrogen (secondary N) is 1. The van der Waals surface area contributed by atoms with Crippen LogP contribution in [0, 0.1) is 0 Å². The van der Waals surface area contributed by atoms with Gasteiger partial charge in [0.2, 0.25) is 0 Å². The Labute approximate surface area is 192 Å². The average molecular weight is 472 g/mol. The molecule has 174 valence electrons. The number of esters is 1. The van der Waals surface area contributed by atoms with Crippen LogP contribution in [0.1, 0.15) is 19.4 Å². The van der Waals surface area contributed by atoms with Crippen molar-refractivity contribution < 1.29 is 27.5 Å². The normalized spacial score (nSPS) is 14.2. The van der Waals surface area contributed by atoms with E-state index in [-0.39, 0.29) is 23.2 Å². The molecule has 0 fully saturated rings. The van der Waals surface area contributed by atoms with Gasteiger partial charge in [0.15, 0.2) is 0 Å². The lowest BCUT2D eigenvalue weighted by atomic mass is 10.2. The first-order valence-electron chi connectivity index (χ1n) is 10.1. The Hall–Kier alpha value is -3.63. The van der Waals surface area contributed by atoms with Gasteiger partial charge in [0, 0.05) is 24.5 Å². The largest absolute Gasteiger partial charge is 0.497 e. The van der Waals surface area contributed by atoms with Crippen LogP contribution in [-0.4, -0.2) is 43.4 Å². The van der Waals surface area contributed by atoms with E-state index in [0.29, 0.717) is 5.75 Å². The molecule has 10 heteroatoms. The number of sulfonamides is 1. The molecule has 9 nitrogen and oxygen atoms in total. The number of carbonyl (C=O) groups excluding carboxylic acids is 2. The third kappa shape index (κ3) is 5.99. The molecule has 0 saturated carbocycles. The SMILES string of the molecule is COc1ccc(S(=O)(=O)NN2C=CN(C(C)C)C(=O)C=C2C(=O)OCc2ccccc2)cc1. The summed E-state index contributed by atoms with van der Waals surface area (Å²) in [7, 11) is -2.63. The highest BCUT2D eigenvalue weighted by atomic mass is 32.2. The Morgan fingerprint density at radius 2 is 1.70 bits per heavy atom. The van der Waals surface area contributed by atoms with Crippen LogP contribution < -0.4 is 9.57 Å². The summed E-state index contributed by atoms with van der Waals surface area (Å²) < 4.78 is 36.3. The summed E-state index contributed by atoms with van der Waals surface area (Å²) in [6.07, 6.45) is 3.74. The van der Waals surface area contributed by atoms with Crippen LogP contribution in [0.15, 0.2) is 83.7 Å². The van der Waals surface area contributed by atoms with Crippen molar-refractivity contribution in [2.75, 3.05) is 7.11 Å². The molecule has 0 unspecified atom stereocenters. The van der Waals surface area contributed by atoms with Crippen molar-refractivity contribution in [1.29, 1.82) is 0 Å². The predicted octanol–water partition coefficient (Wildman–Crippen LogP) is 2.54. The minimum atomic E-state index is -4.10. The molecule has 1 aliphatic heterocycles. The number of hydrazine groups is 1. The lowest BCUT2D eigenvalue weighted by Gasteiger charge is -2.22. The lowest BCUT2D eigenvalue weighted by molar-refractivity contribution is -0.142. The fraction of sp³-hybridized carbons (Fsp3) is 0.217. The first-order chi connectivity index (χ1) is 15.7. The van der Waals surface area contributed by atoms with E-state index in [9.17, 15) is 18.0 Å². The van der Waals surface area contributed by atoms with Gasteiger partial charge in [0.05, 0.1) is 12.0 Å². The average Bonchev–Trinajstić information content (AvgIpc) is 2.96. The van der Waals surface area contributed by atoms with E-state index < -0.39 is 21.9 Å². The van der Waals surface area contributed by atoms with Crippen molar-refractivity contribution in [3.05, 3.63) is 84.3 Å². The number of ether oxygens (including phenoxy) is 2. The predicted molar refractivity (Wildman–Crippen MR) is 121 cm³/mol.